The van der Waals surface area contributed by atoms with Crippen LogP contribution in [0.25, 0.3) is 6.08 Å². The fraction of sp³-hybridized carbons (Fsp3) is 0.120. The van der Waals surface area contributed by atoms with E-state index in [9.17, 15) is 10.1 Å². The van der Waals surface area contributed by atoms with Crippen molar-refractivity contribution in [1.29, 1.82) is 5.26 Å². The summed E-state index contributed by atoms with van der Waals surface area (Å²) in [5, 5.41) is 13.6. The van der Waals surface area contributed by atoms with Crippen LogP contribution in [0.5, 0.6) is 11.5 Å². The van der Waals surface area contributed by atoms with Gasteiger partial charge in [-0.3, -0.25) is 4.79 Å². The third kappa shape index (κ3) is 6.46. The smallest absolute Gasteiger partial charge is 0.266 e. The van der Waals surface area contributed by atoms with Gasteiger partial charge in [0, 0.05) is 10.7 Å². The fourth-order valence-corrected chi connectivity index (χ4v) is 4.01. The molecule has 0 aliphatic rings. The van der Waals surface area contributed by atoms with Gasteiger partial charge in [-0.05, 0) is 82.0 Å². The van der Waals surface area contributed by atoms with Gasteiger partial charge in [-0.25, -0.2) is 0 Å². The van der Waals surface area contributed by atoms with E-state index in [2.05, 4.69) is 21.2 Å². The molecule has 0 unspecified atom stereocenters. The molecule has 3 rings (SSSR count). The standard InChI is InChI=1S/C25H18BrCl3N2O3/c1-14-3-5-18(11-21(14)28)31-25(32)17(12-30)7-16-8-19(26)24(23(10-16)33-2)34-13-15-4-6-20(27)22(29)9-15/h3-11H,13H2,1-2H3,(H,31,32)/b17-7-. The Labute approximate surface area is 221 Å². The van der Waals surface area contributed by atoms with Gasteiger partial charge in [0.25, 0.3) is 5.91 Å². The molecule has 174 valence electrons. The summed E-state index contributed by atoms with van der Waals surface area (Å²) in [4.78, 5) is 12.6. The summed E-state index contributed by atoms with van der Waals surface area (Å²) in [6.45, 7) is 2.09. The third-order valence-corrected chi connectivity index (χ3v) is 6.46. The minimum atomic E-state index is -0.558. The summed E-state index contributed by atoms with van der Waals surface area (Å²) in [7, 11) is 1.50. The second-order valence-electron chi connectivity index (χ2n) is 7.16. The molecule has 3 aromatic rings. The lowest BCUT2D eigenvalue weighted by atomic mass is 10.1. The van der Waals surface area contributed by atoms with Gasteiger partial charge in [-0.1, -0.05) is 46.9 Å². The van der Waals surface area contributed by atoms with Crippen LogP contribution >= 0.6 is 50.7 Å². The normalized spacial score (nSPS) is 11.0. The van der Waals surface area contributed by atoms with E-state index >= 15 is 0 Å². The number of nitriles is 1. The number of halogens is 4. The van der Waals surface area contributed by atoms with E-state index < -0.39 is 5.91 Å². The number of nitrogens with zero attached hydrogens (tertiary/aromatic N) is 1. The Morgan fingerprint density at radius 3 is 2.50 bits per heavy atom. The highest BCUT2D eigenvalue weighted by atomic mass is 79.9. The van der Waals surface area contributed by atoms with Crippen LogP contribution in [0.2, 0.25) is 15.1 Å². The van der Waals surface area contributed by atoms with Gasteiger partial charge in [0.2, 0.25) is 0 Å². The van der Waals surface area contributed by atoms with E-state index in [0.717, 1.165) is 11.1 Å². The number of benzene rings is 3. The Morgan fingerprint density at radius 2 is 1.85 bits per heavy atom. The number of hydrogen-bond donors (Lipinski definition) is 1. The molecular formula is C25H18BrCl3N2O3. The summed E-state index contributed by atoms with van der Waals surface area (Å²) < 4.78 is 12.0. The molecule has 0 radical (unpaired) electrons. The number of methoxy groups -OCH3 is 1. The van der Waals surface area contributed by atoms with Crippen molar-refractivity contribution in [1.82, 2.24) is 0 Å². The van der Waals surface area contributed by atoms with Crippen LogP contribution in [0.3, 0.4) is 0 Å². The molecule has 1 amide bonds. The molecular weight excluding hydrogens is 563 g/mol. The molecule has 0 aliphatic heterocycles. The molecule has 0 aromatic heterocycles. The minimum Gasteiger partial charge on any atom is -0.493 e. The highest BCUT2D eigenvalue weighted by Gasteiger charge is 2.15. The second kappa shape index (κ2) is 11.6. The number of rotatable bonds is 7. The van der Waals surface area contributed by atoms with Gasteiger partial charge in [0.15, 0.2) is 11.5 Å². The molecule has 9 heteroatoms. The lowest BCUT2D eigenvalue weighted by Gasteiger charge is -2.14. The first-order valence-electron chi connectivity index (χ1n) is 9.85. The van der Waals surface area contributed by atoms with Crippen LogP contribution in [0.1, 0.15) is 16.7 Å². The molecule has 34 heavy (non-hydrogen) atoms. The van der Waals surface area contributed by atoms with Crippen molar-refractivity contribution in [3.05, 3.63) is 90.3 Å². The van der Waals surface area contributed by atoms with Crippen LogP contribution in [0, 0.1) is 18.3 Å². The maximum Gasteiger partial charge on any atom is 0.266 e. The average molecular weight is 581 g/mol. The zero-order valence-corrected chi connectivity index (χ0v) is 21.9. The lowest BCUT2D eigenvalue weighted by Crippen LogP contribution is -2.13. The molecule has 0 atom stereocenters. The largest absolute Gasteiger partial charge is 0.493 e. The number of carbonyl (C=O) groups excluding carboxylic acids is 1. The first kappa shape index (κ1) is 25.9. The van der Waals surface area contributed by atoms with Gasteiger partial charge in [-0.15, -0.1) is 0 Å². The van der Waals surface area contributed by atoms with Gasteiger partial charge in [-0.2, -0.15) is 5.26 Å². The highest BCUT2D eigenvalue weighted by molar-refractivity contribution is 9.10. The molecule has 0 bridgehead atoms. The van der Waals surface area contributed by atoms with Crippen LogP contribution in [-0.2, 0) is 11.4 Å². The number of ether oxygens (including phenoxy) is 2. The zero-order valence-electron chi connectivity index (χ0n) is 18.1. The molecule has 3 aromatic carbocycles. The predicted octanol–water partition coefficient (Wildman–Crippen LogP) is 7.85. The summed E-state index contributed by atoms with van der Waals surface area (Å²) in [6, 6.07) is 15.7. The van der Waals surface area contributed by atoms with Crippen molar-refractivity contribution >= 4 is 68.4 Å². The molecule has 0 aliphatic carbocycles. The number of anilines is 1. The van der Waals surface area contributed by atoms with Crippen LogP contribution in [0.15, 0.2) is 58.6 Å². The van der Waals surface area contributed by atoms with E-state index in [1.807, 2.05) is 19.1 Å². The molecule has 0 spiro atoms. The number of aryl methyl sites for hydroxylation is 1. The van der Waals surface area contributed by atoms with E-state index in [0.29, 0.717) is 42.3 Å². The first-order chi connectivity index (χ1) is 16.2. The molecule has 0 saturated heterocycles. The van der Waals surface area contributed by atoms with Crippen molar-refractivity contribution < 1.29 is 14.3 Å². The van der Waals surface area contributed by atoms with Crippen molar-refractivity contribution in [2.45, 2.75) is 13.5 Å². The Bertz CT molecular complexity index is 1320. The number of amides is 1. The quantitative estimate of drug-likeness (QED) is 0.228. The summed E-state index contributed by atoms with van der Waals surface area (Å²) in [5.41, 5.74) is 2.68. The second-order valence-corrected chi connectivity index (χ2v) is 9.24. The van der Waals surface area contributed by atoms with Crippen molar-refractivity contribution in [3.8, 4) is 17.6 Å². The molecule has 5 nitrogen and oxygen atoms in total. The topological polar surface area (TPSA) is 71.3 Å². The summed E-state index contributed by atoms with van der Waals surface area (Å²) in [6.07, 6.45) is 1.46. The Hall–Kier alpha value is -2.69. The Kier molecular flexibility index (Phi) is 8.87. The molecule has 0 saturated carbocycles. The fourth-order valence-electron chi connectivity index (χ4n) is 2.93. The van der Waals surface area contributed by atoms with Crippen molar-refractivity contribution in [2.24, 2.45) is 0 Å². The van der Waals surface area contributed by atoms with Crippen LogP contribution in [0.4, 0.5) is 5.69 Å². The van der Waals surface area contributed by atoms with E-state index in [4.69, 9.17) is 44.3 Å². The summed E-state index contributed by atoms with van der Waals surface area (Å²) in [5.74, 6) is 0.323. The van der Waals surface area contributed by atoms with Gasteiger partial charge < -0.3 is 14.8 Å². The SMILES string of the molecule is COc1cc(/C=C(/C#N)C(=O)Nc2ccc(C)c(Cl)c2)cc(Br)c1OCc1ccc(Cl)c(Cl)c1. The first-order valence-corrected chi connectivity index (χ1v) is 11.8. The van der Waals surface area contributed by atoms with Crippen LogP contribution in [-0.4, -0.2) is 13.0 Å². The minimum absolute atomic E-state index is 0.0878. The molecule has 0 heterocycles. The number of hydrogen-bond acceptors (Lipinski definition) is 4. The summed E-state index contributed by atoms with van der Waals surface area (Å²) >= 11 is 21.6. The molecule has 1 N–H and O–H groups in total. The maximum atomic E-state index is 12.6. The van der Waals surface area contributed by atoms with Gasteiger partial charge in [0.1, 0.15) is 18.2 Å². The number of carbonyl (C=O) groups is 1. The van der Waals surface area contributed by atoms with E-state index in [1.165, 1.54) is 13.2 Å². The van der Waals surface area contributed by atoms with E-state index in [1.54, 1.807) is 42.5 Å². The van der Waals surface area contributed by atoms with E-state index in [-0.39, 0.29) is 12.2 Å². The van der Waals surface area contributed by atoms with Crippen LogP contribution < -0.4 is 14.8 Å². The van der Waals surface area contributed by atoms with Crippen molar-refractivity contribution in [3.63, 3.8) is 0 Å². The average Bonchev–Trinajstić information content (AvgIpc) is 2.80. The maximum absolute atomic E-state index is 12.6. The molecule has 0 fully saturated rings. The third-order valence-electron chi connectivity index (χ3n) is 4.72. The lowest BCUT2D eigenvalue weighted by molar-refractivity contribution is -0.112. The van der Waals surface area contributed by atoms with Crippen molar-refractivity contribution in [2.75, 3.05) is 12.4 Å². The van der Waals surface area contributed by atoms with Gasteiger partial charge in [0.05, 0.1) is 21.6 Å². The number of nitrogens with one attached hydrogen (secondary N) is 1. The monoisotopic (exact) mass is 578 g/mol. The Balaban J connectivity index is 1.82. The zero-order chi connectivity index (χ0) is 24.8. The Morgan fingerprint density at radius 1 is 1.09 bits per heavy atom. The van der Waals surface area contributed by atoms with Gasteiger partial charge >= 0.3 is 0 Å². The highest BCUT2D eigenvalue weighted by Crippen LogP contribution is 2.38. The predicted molar refractivity (Wildman–Crippen MR) is 140 cm³/mol.